The molecule has 1 aliphatic heterocycles. The SMILES string of the molecule is Cc1cccc(N2CCN(C(=O)Nc3ccccc3)C[C@H]2C)c1. The Bertz CT molecular complexity index is 671. The molecule has 1 fully saturated rings. The van der Waals surface area contributed by atoms with Gasteiger partial charge in [-0.1, -0.05) is 30.3 Å². The van der Waals surface area contributed by atoms with Crippen molar-refractivity contribution in [3.05, 3.63) is 60.2 Å². The van der Waals surface area contributed by atoms with Crippen LogP contribution in [0.15, 0.2) is 54.6 Å². The molecule has 2 amide bonds. The van der Waals surface area contributed by atoms with Crippen LogP contribution in [0, 0.1) is 6.92 Å². The first-order valence-electron chi connectivity index (χ1n) is 8.08. The molecule has 0 saturated carbocycles. The molecular weight excluding hydrogens is 286 g/mol. The van der Waals surface area contributed by atoms with Crippen molar-refractivity contribution in [1.82, 2.24) is 4.90 Å². The Labute approximate surface area is 137 Å². The topological polar surface area (TPSA) is 35.6 Å². The summed E-state index contributed by atoms with van der Waals surface area (Å²) >= 11 is 0. The van der Waals surface area contributed by atoms with E-state index in [1.54, 1.807) is 0 Å². The number of carbonyl (C=O) groups is 1. The molecule has 4 heteroatoms. The largest absolute Gasteiger partial charge is 0.365 e. The van der Waals surface area contributed by atoms with E-state index in [1.165, 1.54) is 11.3 Å². The Morgan fingerprint density at radius 2 is 1.87 bits per heavy atom. The number of hydrogen-bond acceptors (Lipinski definition) is 2. The first kappa shape index (κ1) is 15.4. The van der Waals surface area contributed by atoms with Gasteiger partial charge in [-0.15, -0.1) is 0 Å². The van der Waals surface area contributed by atoms with E-state index in [2.05, 4.69) is 48.3 Å². The summed E-state index contributed by atoms with van der Waals surface area (Å²) in [5.41, 5.74) is 3.34. The van der Waals surface area contributed by atoms with Gasteiger partial charge in [0.2, 0.25) is 0 Å². The maximum atomic E-state index is 12.4. The molecule has 2 aromatic carbocycles. The van der Waals surface area contributed by atoms with Crippen LogP contribution >= 0.6 is 0 Å². The molecule has 120 valence electrons. The number of rotatable bonds is 2. The standard InChI is InChI=1S/C19H23N3O/c1-15-7-6-10-18(13-15)22-12-11-21(14-16(22)2)19(23)20-17-8-4-3-5-9-17/h3-10,13,16H,11-12,14H2,1-2H3,(H,20,23)/t16-/m1/s1. The van der Waals surface area contributed by atoms with Gasteiger partial charge >= 0.3 is 6.03 Å². The molecule has 1 N–H and O–H groups in total. The van der Waals surface area contributed by atoms with Crippen molar-refractivity contribution in [2.45, 2.75) is 19.9 Å². The molecule has 4 nitrogen and oxygen atoms in total. The summed E-state index contributed by atoms with van der Waals surface area (Å²) in [7, 11) is 0. The molecule has 0 aliphatic carbocycles. The Morgan fingerprint density at radius 1 is 1.09 bits per heavy atom. The Morgan fingerprint density at radius 3 is 2.57 bits per heavy atom. The fraction of sp³-hybridized carbons (Fsp3) is 0.316. The highest BCUT2D eigenvalue weighted by Crippen LogP contribution is 2.22. The number of anilines is 2. The van der Waals surface area contributed by atoms with Crippen molar-refractivity contribution < 1.29 is 4.79 Å². The van der Waals surface area contributed by atoms with Gasteiger partial charge in [0.05, 0.1) is 0 Å². The summed E-state index contributed by atoms with van der Waals surface area (Å²) in [6.45, 7) is 6.60. The van der Waals surface area contributed by atoms with E-state index in [9.17, 15) is 4.79 Å². The molecule has 0 aromatic heterocycles. The first-order chi connectivity index (χ1) is 11.1. The summed E-state index contributed by atoms with van der Waals surface area (Å²) in [5.74, 6) is 0. The van der Waals surface area contributed by atoms with Crippen LogP contribution in [0.3, 0.4) is 0 Å². The highest BCUT2D eigenvalue weighted by Gasteiger charge is 2.26. The number of nitrogens with one attached hydrogen (secondary N) is 1. The van der Waals surface area contributed by atoms with Gasteiger partial charge in [0.15, 0.2) is 0 Å². The lowest BCUT2D eigenvalue weighted by molar-refractivity contribution is 0.200. The summed E-state index contributed by atoms with van der Waals surface area (Å²) < 4.78 is 0. The third-order valence-electron chi connectivity index (χ3n) is 4.27. The van der Waals surface area contributed by atoms with E-state index in [0.29, 0.717) is 6.04 Å². The van der Waals surface area contributed by atoms with Gasteiger partial charge in [-0.2, -0.15) is 0 Å². The Kier molecular flexibility index (Phi) is 4.51. The van der Waals surface area contributed by atoms with Crippen LogP contribution in [-0.2, 0) is 0 Å². The summed E-state index contributed by atoms with van der Waals surface area (Å²) in [4.78, 5) is 16.7. The monoisotopic (exact) mass is 309 g/mol. The molecule has 2 aromatic rings. The lowest BCUT2D eigenvalue weighted by Gasteiger charge is -2.41. The predicted octanol–water partition coefficient (Wildman–Crippen LogP) is 3.74. The third-order valence-corrected chi connectivity index (χ3v) is 4.27. The number of para-hydroxylation sites is 1. The summed E-state index contributed by atoms with van der Waals surface area (Å²) in [5, 5.41) is 2.96. The zero-order valence-electron chi connectivity index (χ0n) is 13.7. The first-order valence-corrected chi connectivity index (χ1v) is 8.08. The van der Waals surface area contributed by atoms with Gasteiger partial charge in [-0.25, -0.2) is 4.79 Å². The zero-order chi connectivity index (χ0) is 16.2. The number of hydrogen-bond donors (Lipinski definition) is 1. The smallest absolute Gasteiger partial charge is 0.321 e. The van der Waals surface area contributed by atoms with Crippen molar-refractivity contribution in [1.29, 1.82) is 0 Å². The van der Waals surface area contributed by atoms with Gasteiger partial charge < -0.3 is 15.1 Å². The number of carbonyl (C=O) groups excluding carboxylic acids is 1. The molecule has 0 spiro atoms. The maximum absolute atomic E-state index is 12.4. The molecule has 0 unspecified atom stereocenters. The zero-order valence-corrected chi connectivity index (χ0v) is 13.7. The van der Waals surface area contributed by atoms with Crippen LogP contribution < -0.4 is 10.2 Å². The number of amides is 2. The highest BCUT2D eigenvalue weighted by molar-refractivity contribution is 5.89. The van der Waals surface area contributed by atoms with E-state index in [4.69, 9.17) is 0 Å². The minimum atomic E-state index is -0.0213. The maximum Gasteiger partial charge on any atom is 0.321 e. The van der Waals surface area contributed by atoms with E-state index < -0.39 is 0 Å². The molecule has 23 heavy (non-hydrogen) atoms. The molecule has 0 bridgehead atoms. The third kappa shape index (κ3) is 3.65. The van der Waals surface area contributed by atoms with Gasteiger partial charge in [0, 0.05) is 37.1 Å². The van der Waals surface area contributed by atoms with Gasteiger partial charge in [0.1, 0.15) is 0 Å². The average Bonchev–Trinajstić information content (AvgIpc) is 2.55. The number of nitrogens with zero attached hydrogens (tertiary/aromatic N) is 2. The van der Waals surface area contributed by atoms with Crippen LogP contribution in [-0.4, -0.2) is 36.6 Å². The van der Waals surface area contributed by atoms with Crippen molar-refractivity contribution in [3.8, 4) is 0 Å². The van der Waals surface area contributed by atoms with Gasteiger partial charge in [-0.3, -0.25) is 0 Å². The summed E-state index contributed by atoms with van der Waals surface area (Å²) in [6.07, 6.45) is 0. The quantitative estimate of drug-likeness (QED) is 0.917. The minimum Gasteiger partial charge on any atom is -0.365 e. The van der Waals surface area contributed by atoms with Crippen LogP contribution in [0.2, 0.25) is 0 Å². The van der Waals surface area contributed by atoms with E-state index in [1.807, 2.05) is 35.2 Å². The van der Waals surface area contributed by atoms with E-state index in [0.717, 1.165) is 25.3 Å². The van der Waals surface area contributed by atoms with Gasteiger partial charge in [-0.05, 0) is 43.7 Å². The second-order valence-electron chi connectivity index (χ2n) is 6.12. The number of piperazine rings is 1. The van der Waals surface area contributed by atoms with Crippen LogP contribution in [0.5, 0.6) is 0 Å². The average molecular weight is 309 g/mol. The molecule has 1 heterocycles. The van der Waals surface area contributed by atoms with E-state index >= 15 is 0 Å². The number of benzene rings is 2. The van der Waals surface area contributed by atoms with Crippen LogP contribution in [0.4, 0.5) is 16.2 Å². The van der Waals surface area contributed by atoms with Crippen LogP contribution in [0.1, 0.15) is 12.5 Å². The lowest BCUT2D eigenvalue weighted by Crippen LogP contribution is -2.54. The molecule has 0 radical (unpaired) electrons. The normalized spacial score (nSPS) is 17.9. The molecule has 1 aliphatic rings. The fourth-order valence-electron chi connectivity index (χ4n) is 3.06. The molecule has 1 atom stereocenters. The van der Waals surface area contributed by atoms with Gasteiger partial charge in [0.25, 0.3) is 0 Å². The Balaban J connectivity index is 1.63. The number of aryl methyl sites for hydroxylation is 1. The predicted molar refractivity (Wildman–Crippen MR) is 95.0 cm³/mol. The van der Waals surface area contributed by atoms with Crippen molar-refractivity contribution >= 4 is 17.4 Å². The highest BCUT2D eigenvalue weighted by atomic mass is 16.2. The van der Waals surface area contributed by atoms with E-state index in [-0.39, 0.29) is 6.03 Å². The molecule has 1 saturated heterocycles. The second kappa shape index (κ2) is 6.73. The van der Waals surface area contributed by atoms with Crippen molar-refractivity contribution in [2.24, 2.45) is 0 Å². The molecular formula is C19H23N3O. The minimum absolute atomic E-state index is 0.0213. The van der Waals surface area contributed by atoms with Crippen molar-refractivity contribution in [2.75, 3.05) is 29.9 Å². The molecule has 3 rings (SSSR count). The Hall–Kier alpha value is -2.49. The van der Waals surface area contributed by atoms with Crippen molar-refractivity contribution in [3.63, 3.8) is 0 Å². The second-order valence-corrected chi connectivity index (χ2v) is 6.12. The summed E-state index contributed by atoms with van der Waals surface area (Å²) in [6, 6.07) is 18.4. The fourth-order valence-corrected chi connectivity index (χ4v) is 3.06. The number of urea groups is 1. The van der Waals surface area contributed by atoms with Crippen LogP contribution in [0.25, 0.3) is 0 Å². The lowest BCUT2D eigenvalue weighted by atomic mass is 10.1.